The first-order chi connectivity index (χ1) is 8.09. The van der Waals surface area contributed by atoms with E-state index in [1.807, 2.05) is 0 Å². The highest BCUT2D eigenvalue weighted by Crippen LogP contribution is 2.35. The van der Waals surface area contributed by atoms with Crippen LogP contribution < -0.4 is 5.73 Å². The van der Waals surface area contributed by atoms with E-state index in [0.29, 0.717) is 0 Å². The Hall–Kier alpha value is -0.380. The third kappa shape index (κ3) is 3.34. The van der Waals surface area contributed by atoms with Crippen molar-refractivity contribution in [3.8, 4) is 0 Å². The van der Waals surface area contributed by atoms with Crippen LogP contribution in [0.4, 0.5) is 8.78 Å². The minimum Gasteiger partial charge on any atom is -0.324 e. The fraction of sp³-hybridized carbons (Fsp3) is 0.538. The summed E-state index contributed by atoms with van der Waals surface area (Å²) in [4.78, 5) is 0. The van der Waals surface area contributed by atoms with Gasteiger partial charge in [0.05, 0.1) is 0 Å². The molecule has 0 aliphatic heterocycles. The zero-order valence-electron chi connectivity index (χ0n) is 9.96. The van der Waals surface area contributed by atoms with E-state index >= 15 is 0 Å². The van der Waals surface area contributed by atoms with Crippen LogP contribution in [0.2, 0.25) is 5.02 Å². The minimum atomic E-state index is -0.631. The van der Waals surface area contributed by atoms with Crippen molar-refractivity contribution >= 4 is 24.0 Å². The second-order valence-electron chi connectivity index (χ2n) is 4.71. The van der Waals surface area contributed by atoms with E-state index < -0.39 is 17.7 Å². The lowest BCUT2D eigenvalue weighted by Crippen LogP contribution is -2.25. The van der Waals surface area contributed by atoms with Gasteiger partial charge in [0.15, 0.2) is 0 Å². The molecule has 1 aromatic carbocycles. The number of benzene rings is 1. The van der Waals surface area contributed by atoms with E-state index in [1.54, 1.807) is 0 Å². The Labute approximate surface area is 117 Å². The van der Waals surface area contributed by atoms with Crippen molar-refractivity contribution < 1.29 is 8.78 Å². The molecule has 5 heteroatoms. The zero-order chi connectivity index (χ0) is 12.4. The number of hydrogen-bond donors (Lipinski definition) is 1. The molecule has 1 saturated carbocycles. The number of nitrogens with two attached hydrogens (primary N) is 1. The summed E-state index contributed by atoms with van der Waals surface area (Å²) < 4.78 is 27.4. The zero-order valence-corrected chi connectivity index (χ0v) is 11.5. The topological polar surface area (TPSA) is 26.0 Å². The number of halogens is 4. The van der Waals surface area contributed by atoms with Crippen LogP contribution in [-0.2, 0) is 0 Å². The standard InChI is InChI=1S/C13H16ClF2N.ClH/c14-9-6-10(15)12(11(16)7-9)13(17)8-4-2-1-3-5-8;/h6-8,13H,1-5,17H2;1H/t13-;/m1./s1. The molecule has 102 valence electrons. The Bertz CT molecular complexity index is 383. The van der Waals surface area contributed by atoms with E-state index in [1.165, 1.54) is 6.42 Å². The van der Waals surface area contributed by atoms with Crippen molar-refractivity contribution in [3.63, 3.8) is 0 Å². The molecule has 1 atom stereocenters. The first-order valence-corrected chi connectivity index (χ1v) is 6.37. The van der Waals surface area contributed by atoms with E-state index in [-0.39, 0.29) is 28.9 Å². The summed E-state index contributed by atoms with van der Waals surface area (Å²) in [6.45, 7) is 0. The van der Waals surface area contributed by atoms with Gasteiger partial charge >= 0.3 is 0 Å². The Balaban J connectivity index is 0.00000162. The first-order valence-electron chi connectivity index (χ1n) is 5.99. The normalized spacial score (nSPS) is 18.2. The fourth-order valence-electron chi connectivity index (χ4n) is 2.60. The molecule has 2 rings (SSSR count). The molecule has 2 N–H and O–H groups in total. The second-order valence-corrected chi connectivity index (χ2v) is 5.14. The average Bonchev–Trinajstić information content (AvgIpc) is 2.28. The summed E-state index contributed by atoms with van der Waals surface area (Å²) in [6.07, 6.45) is 5.27. The van der Waals surface area contributed by atoms with E-state index in [4.69, 9.17) is 17.3 Å². The van der Waals surface area contributed by atoms with Gasteiger partial charge in [-0.1, -0.05) is 30.9 Å². The highest BCUT2D eigenvalue weighted by Gasteiger charge is 2.26. The molecule has 0 heterocycles. The maximum Gasteiger partial charge on any atom is 0.132 e. The molecule has 0 spiro atoms. The van der Waals surface area contributed by atoms with Crippen LogP contribution >= 0.6 is 24.0 Å². The predicted octanol–water partition coefficient (Wildman–Crippen LogP) is 4.62. The molecule has 1 aromatic rings. The van der Waals surface area contributed by atoms with Gasteiger partial charge in [0.1, 0.15) is 11.6 Å². The maximum absolute atomic E-state index is 13.7. The van der Waals surface area contributed by atoms with E-state index in [2.05, 4.69) is 0 Å². The lowest BCUT2D eigenvalue weighted by atomic mass is 9.81. The van der Waals surface area contributed by atoms with Gasteiger partial charge in [-0.05, 0) is 30.9 Å². The van der Waals surface area contributed by atoms with Crippen molar-refractivity contribution in [2.75, 3.05) is 0 Å². The Morgan fingerprint density at radius 1 is 1.11 bits per heavy atom. The Morgan fingerprint density at radius 3 is 2.11 bits per heavy atom. The monoisotopic (exact) mass is 295 g/mol. The molecule has 1 aliphatic carbocycles. The van der Waals surface area contributed by atoms with Crippen LogP contribution in [-0.4, -0.2) is 0 Å². The summed E-state index contributed by atoms with van der Waals surface area (Å²) in [5.41, 5.74) is 5.99. The largest absolute Gasteiger partial charge is 0.324 e. The average molecular weight is 296 g/mol. The molecule has 0 aromatic heterocycles. The molecule has 0 unspecified atom stereocenters. The molecule has 0 radical (unpaired) electrons. The van der Waals surface area contributed by atoms with Crippen LogP contribution in [0.25, 0.3) is 0 Å². The summed E-state index contributed by atoms with van der Waals surface area (Å²) in [7, 11) is 0. The fourth-order valence-corrected chi connectivity index (χ4v) is 2.79. The van der Waals surface area contributed by atoms with E-state index in [0.717, 1.165) is 37.8 Å². The van der Waals surface area contributed by atoms with Crippen LogP contribution in [0.15, 0.2) is 12.1 Å². The van der Waals surface area contributed by atoms with Gasteiger partial charge in [0.2, 0.25) is 0 Å². The van der Waals surface area contributed by atoms with Crippen LogP contribution in [0.5, 0.6) is 0 Å². The van der Waals surface area contributed by atoms with Gasteiger partial charge in [-0.15, -0.1) is 12.4 Å². The molecule has 1 nitrogen and oxygen atoms in total. The third-order valence-corrected chi connectivity index (χ3v) is 3.75. The summed E-state index contributed by atoms with van der Waals surface area (Å²) in [5, 5.41) is 0.0691. The molecular formula is C13H17Cl2F2N. The number of hydrogen-bond acceptors (Lipinski definition) is 1. The van der Waals surface area contributed by atoms with Crippen molar-refractivity contribution in [3.05, 3.63) is 34.4 Å². The highest BCUT2D eigenvalue weighted by molar-refractivity contribution is 6.30. The van der Waals surface area contributed by atoms with Crippen LogP contribution in [0, 0.1) is 17.6 Å². The first kappa shape index (κ1) is 15.7. The molecule has 0 saturated heterocycles. The molecule has 1 fully saturated rings. The maximum atomic E-state index is 13.7. The highest BCUT2D eigenvalue weighted by atomic mass is 35.5. The van der Waals surface area contributed by atoms with E-state index in [9.17, 15) is 8.78 Å². The Kier molecular flexibility index (Phi) is 5.83. The van der Waals surface area contributed by atoms with Crippen molar-refractivity contribution in [2.45, 2.75) is 38.1 Å². The van der Waals surface area contributed by atoms with Crippen LogP contribution in [0.3, 0.4) is 0 Å². The predicted molar refractivity (Wildman–Crippen MR) is 72.1 cm³/mol. The summed E-state index contributed by atoms with van der Waals surface area (Å²) in [6, 6.07) is 1.69. The molecule has 1 aliphatic rings. The second kappa shape index (κ2) is 6.69. The lowest BCUT2D eigenvalue weighted by Gasteiger charge is -2.28. The number of rotatable bonds is 2. The van der Waals surface area contributed by atoms with Crippen molar-refractivity contribution in [2.24, 2.45) is 11.7 Å². The summed E-state index contributed by atoms with van der Waals surface area (Å²) >= 11 is 5.59. The lowest BCUT2D eigenvalue weighted by molar-refractivity contribution is 0.298. The smallest absolute Gasteiger partial charge is 0.132 e. The van der Waals surface area contributed by atoms with Gasteiger partial charge in [-0.3, -0.25) is 0 Å². The van der Waals surface area contributed by atoms with Gasteiger partial charge in [-0.25, -0.2) is 8.78 Å². The third-order valence-electron chi connectivity index (χ3n) is 3.53. The molecule has 0 bridgehead atoms. The summed E-state index contributed by atoms with van der Waals surface area (Å²) in [5.74, 6) is -1.09. The molecular weight excluding hydrogens is 279 g/mol. The van der Waals surface area contributed by atoms with Crippen LogP contribution in [0.1, 0.15) is 43.7 Å². The van der Waals surface area contributed by atoms with Gasteiger partial charge in [0, 0.05) is 16.6 Å². The quantitative estimate of drug-likeness (QED) is 0.846. The van der Waals surface area contributed by atoms with Gasteiger partial charge < -0.3 is 5.73 Å². The minimum absolute atomic E-state index is 0. The molecule has 0 amide bonds. The van der Waals surface area contributed by atoms with Crippen molar-refractivity contribution in [1.82, 2.24) is 0 Å². The van der Waals surface area contributed by atoms with Gasteiger partial charge in [0.25, 0.3) is 0 Å². The Morgan fingerprint density at radius 2 is 1.61 bits per heavy atom. The van der Waals surface area contributed by atoms with Crippen molar-refractivity contribution in [1.29, 1.82) is 0 Å². The van der Waals surface area contributed by atoms with Gasteiger partial charge in [-0.2, -0.15) is 0 Å². The SMILES string of the molecule is Cl.N[C@@H](c1c(F)cc(Cl)cc1F)C1CCCCC1. The molecule has 18 heavy (non-hydrogen) atoms.